The summed E-state index contributed by atoms with van der Waals surface area (Å²) in [5, 5.41) is 3.35. The highest BCUT2D eigenvalue weighted by atomic mass is 32.2. The third-order valence-corrected chi connectivity index (χ3v) is 5.02. The molecule has 2 heterocycles. The van der Waals surface area contributed by atoms with Crippen LogP contribution in [0.2, 0.25) is 0 Å². The minimum Gasteiger partial charge on any atom is -0.316 e. The molecule has 15 heavy (non-hydrogen) atoms. The lowest BCUT2D eigenvalue weighted by Gasteiger charge is -2.30. The Hall–Kier alpha value is 0.270. The summed E-state index contributed by atoms with van der Waals surface area (Å²) in [7, 11) is 0. The average molecular weight is 228 g/mol. The fraction of sp³-hybridized carbons (Fsp3) is 1.00. The van der Waals surface area contributed by atoms with Gasteiger partial charge in [0.25, 0.3) is 0 Å². The predicted molar refractivity (Wildman–Crippen MR) is 68.6 cm³/mol. The Labute approximate surface area is 98.2 Å². The summed E-state index contributed by atoms with van der Waals surface area (Å²) in [6.45, 7) is 11.2. The quantitative estimate of drug-likeness (QED) is 0.793. The highest BCUT2D eigenvalue weighted by Gasteiger charge is 2.24. The molecule has 88 valence electrons. The molecule has 2 aliphatic heterocycles. The Bertz CT molecular complexity index is 202. The van der Waals surface area contributed by atoms with E-state index in [1.165, 1.54) is 51.3 Å². The van der Waals surface area contributed by atoms with Crippen LogP contribution >= 0.6 is 11.8 Å². The second kappa shape index (κ2) is 5.07. The van der Waals surface area contributed by atoms with Crippen LogP contribution in [0.3, 0.4) is 0 Å². The third-order valence-electron chi connectivity index (χ3n) is 3.65. The van der Waals surface area contributed by atoms with Gasteiger partial charge in [0.1, 0.15) is 0 Å². The standard InChI is InChI=1S/C12H24N2S/c1-12(2)4-6-14(7-8-15-12)5-3-11-9-13-10-11/h11,13H,3-10H2,1-2H3. The molecule has 0 aromatic carbocycles. The van der Waals surface area contributed by atoms with Gasteiger partial charge in [-0.2, -0.15) is 11.8 Å². The molecule has 0 bridgehead atoms. The van der Waals surface area contributed by atoms with E-state index in [0.29, 0.717) is 4.75 Å². The fourth-order valence-corrected chi connectivity index (χ4v) is 3.34. The summed E-state index contributed by atoms with van der Waals surface area (Å²) in [6.07, 6.45) is 2.75. The van der Waals surface area contributed by atoms with Crippen molar-refractivity contribution in [1.82, 2.24) is 10.2 Å². The van der Waals surface area contributed by atoms with E-state index in [1.807, 2.05) is 0 Å². The van der Waals surface area contributed by atoms with E-state index in [2.05, 4.69) is 35.8 Å². The summed E-state index contributed by atoms with van der Waals surface area (Å²) in [6, 6.07) is 0. The zero-order valence-electron chi connectivity index (χ0n) is 10.1. The molecule has 0 saturated carbocycles. The second-order valence-corrected chi connectivity index (χ2v) is 7.31. The first-order valence-electron chi connectivity index (χ1n) is 6.23. The predicted octanol–water partition coefficient (Wildman–Crippen LogP) is 1.81. The first-order valence-corrected chi connectivity index (χ1v) is 7.21. The number of rotatable bonds is 3. The first-order chi connectivity index (χ1) is 7.16. The van der Waals surface area contributed by atoms with Gasteiger partial charge in [0.2, 0.25) is 0 Å². The molecule has 2 nitrogen and oxygen atoms in total. The maximum atomic E-state index is 3.35. The van der Waals surface area contributed by atoms with Crippen molar-refractivity contribution >= 4 is 11.8 Å². The molecule has 0 aromatic heterocycles. The summed E-state index contributed by atoms with van der Waals surface area (Å²) >= 11 is 2.14. The van der Waals surface area contributed by atoms with Crippen LogP contribution < -0.4 is 5.32 Å². The summed E-state index contributed by atoms with van der Waals surface area (Å²) in [4.78, 5) is 2.67. The molecule has 0 amide bonds. The Balaban J connectivity index is 1.68. The van der Waals surface area contributed by atoms with E-state index in [0.717, 1.165) is 5.92 Å². The highest BCUT2D eigenvalue weighted by Crippen LogP contribution is 2.30. The molecule has 0 radical (unpaired) electrons. The molecule has 0 spiro atoms. The Morgan fingerprint density at radius 1 is 1.33 bits per heavy atom. The molecule has 2 fully saturated rings. The van der Waals surface area contributed by atoms with Gasteiger partial charge >= 0.3 is 0 Å². The van der Waals surface area contributed by atoms with E-state index < -0.39 is 0 Å². The zero-order valence-corrected chi connectivity index (χ0v) is 10.9. The SMILES string of the molecule is CC1(C)CCN(CCC2CNC2)CCS1. The van der Waals surface area contributed by atoms with Crippen molar-refractivity contribution in [2.24, 2.45) is 5.92 Å². The molecule has 0 atom stereocenters. The fourth-order valence-electron chi connectivity index (χ4n) is 2.20. The van der Waals surface area contributed by atoms with Crippen molar-refractivity contribution in [3.8, 4) is 0 Å². The van der Waals surface area contributed by atoms with Crippen LogP contribution in [0.4, 0.5) is 0 Å². The van der Waals surface area contributed by atoms with E-state index >= 15 is 0 Å². The molecule has 0 aromatic rings. The Kier molecular flexibility index (Phi) is 3.97. The molecular weight excluding hydrogens is 204 g/mol. The second-order valence-electron chi connectivity index (χ2n) is 5.51. The third kappa shape index (κ3) is 3.65. The van der Waals surface area contributed by atoms with Gasteiger partial charge in [-0.1, -0.05) is 13.8 Å². The molecule has 2 saturated heterocycles. The molecule has 2 aliphatic rings. The van der Waals surface area contributed by atoms with Gasteiger partial charge in [-0.25, -0.2) is 0 Å². The number of hydrogen-bond donors (Lipinski definition) is 1. The highest BCUT2D eigenvalue weighted by molar-refractivity contribution is 8.00. The molecule has 2 rings (SSSR count). The van der Waals surface area contributed by atoms with Crippen molar-refractivity contribution < 1.29 is 0 Å². The van der Waals surface area contributed by atoms with Crippen LogP contribution in [0.5, 0.6) is 0 Å². The molecule has 3 heteroatoms. The van der Waals surface area contributed by atoms with Crippen LogP contribution in [0.1, 0.15) is 26.7 Å². The first kappa shape index (κ1) is 11.7. The van der Waals surface area contributed by atoms with Gasteiger partial charge in [-0.05, 0) is 44.9 Å². The number of nitrogens with zero attached hydrogens (tertiary/aromatic N) is 1. The maximum absolute atomic E-state index is 3.35. The monoisotopic (exact) mass is 228 g/mol. The van der Waals surface area contributed by atoms with E-state index in [4.69, 9.17) is 0 Å². The van der Waals surface area contributed by atoms with Gasteiger partial charge in [-0.15, -0.1) is 0 Å². The van der Waals surface area contributed by atoms with Gasteiger partial charge in [0.05, 0.1) is 0 Å². The Morgan fingerprint density at radius 3 is 2.80 bits per heavy atom. The largest absolute Gasteiger partial charge is 0.316 e. The topological polar surface area (TPSA) is 15.3 Å². The molecule has 0 aliphatic carbocycles. The number of nitrogens with one attached hydrogen (secondary N) is 1. The smallest absolute Gasteiger partial charge is 0.0116 e. The molecule has 0 unspecified atom stereocenters. The van der Waals surface area contributed by atoms with E-state index in [-0.39, 0.29) is 0 Å². The van der Waals surface area contributed by atoms with Crippen molar-refractivity contribution in [3.05, 3.63) is 0 Å². The minimum absolute atomic E-state index is 0.507. The van der Waals surface area contributed by atoms with Crippen molar-refractivity contribution in [2.75, 3.05) is 38.5 Å². The van der Waals surface area contributed by atoms with Gasteiger partial charge in [0.15, 0.2) is 0 Å². The zero-order chi connectivity index (χ0) is 10.7. The average Bonchev–Trinajstić information content (AvgIpc) is 2.25. The van der Waals surface area contributed by atoms with Crippen LogP contribution in [-0.2, 0) is 0 Å². The minimum atomic E-state index is 0.507. The molecular formula is C12H24N2S. The van der Waals surface area contributed by atoms with Crippen LogP contribution in [0.25, 0.3) is 0 Å². The summed E-state index contributed by atoms with van der Waals surface area (Å²) in [5.41, 5.74) is 0. The van der Waals surface area contributed by atoms with Crippen molar-refractivity contribution in [2.45, 2.75) is 31.4 Å². The lowest BCUT2D eigenvalue weighted by Crippen LogP contribution is -2.43. The number of hydrogen-bond acceptors (Lipinski definition) is 3. The van der Waals surface area contributed by atoms with Crippen molar-refractivity contribution in [3.63, 3.8) is 0 Å². The molecule has 1 N–H and O–H groups in total. The normalized spacial score (nSPS) is 28.4. The summed E-state index contributed by atoms with van der Waals surface area (Å²) < 4.78 is 0.507. The lowest BCUT2D eigenvalue weighted by molar-refractivity contribution is 0.232. The van der Waals surface area contributed by atoms with Gasteiger partial charge < -0.3 is 10.2 Å². The van der Waals surface area contributed by atoms with Gasteiger partial charge in [-0.3, -0.25) is 0 Å². The number of thioether (sulfide) groups is 1. The lowest BCUT2D eigenvalue weighted by atomic mass is 9.99. The maximum Gasteiger partial charge on any atom is 0.0116 e. The van der Waals surface area contributed by atoms with E-state index in [1.54, 1.807) is 0 Å². The van der Waals surface area contributed by atoms with Crippen molar-refractivity contribution in [1.29, 1.82) is 0 Å². The van der Waals surface area contributed by atoms with Crippen LogP contribution in [0, 0.1) is 5.92 Å². The van der Waals surface area contributed by atoms with E-state index in [9.17, 15) is 0 Å². The van der Waals surface area contributed by atoms with Crippen LogP contribution in [0.15, 0.2) is 0 Å². The Morgan fingerprint density at radius 2 is 2.13 bits per heavy atom. The van der Waals surface area contributed by atoms with Gasteiger partial charge in [0, 0.05) is 17.0 Å². The van der Waals surface area contributed by atoms with Crippen LogP contribution in [-0.4, -0.2) is 48.1 Å². The summed E-state index contributed by atoms with van der Waals surface area (Å²) in [5.74, 6) is 2.28.